The summed E-state index contributed by atoms with van der Waals surface area (Å²) in [5.41, 5.74) is 2.49. The second-order valence-corrected chi connectivity index (χ2v) is 8.27. The molecule has 3 N–H and O–H groups in total. The average molecular weight is 452 g/mol. The normalized spacial score (nSPS) is 23.6. The molecule has 1 aliphatic rings. The number of hydrogen-bond acceptors (Lipinski definition) is 7. The van der Waals surface area contributed by atoms with Gasteiger partial charge in [-0.1, -0.05) is 29.8 Å². The summed E-state index contributed by atoms with van der Waals surface area (Å²) < 4.78 is 13.6. The smallest absolute Gasteiger partial charge is 0.165 e. The lowest BCUT2D eigenvalue weighted by molar-refractivity contribution is -0.0489. The molecule has 8 nitrogen and oxygen atoms in total. The Morgan fingerprint density at radius 1 is 1.03 bits per heavy atom. The molecule has 5 aromatic rings. The predicted molar refractivity (Wildman–Crippen MR) is 118 cm³/mol. The molecule has 1 saturated heterocycles. The van der Waals surface area contributed by atoms with Crippen LogP contribution in [0.1, 0.15) is 6.23 Å². The van der Waals surface area contributed by atoms with Crippen LogP contribution in [0.25, 0.3) is 44.4 Å². The van der Waals surface area contributed by atoms with Gasteiger partial charge >= 0.3 is 0 Å². The zero-order valence-electron chi connectivity index (χ0n) is 16.6. The van der Waals surface area contributed by atoms with E-state index >= 15 is 0 Å². The molecule has 6 rings (SSSR count). The molecule has 0 saturated carbocycles. The van der Waals surface area contributed by atoms with Crippen molar-refractivity contribution in [2.45, 2.75) is 24.5 Å². The standard InChI is InChI=1S/C23H18ClN3O5/c24-12-5-6-14-13(8-12)18-19(16-7-11-3-1-2-4-15(11)31-16)25-10-26-22(18)27(14)23-21(30)20(29)17(9-28)32-23/h1-8,10,17,20-21,23,28-30H,9H2/t17-,20+,21?,23-/m1/s1. The third-order valence-corrected chi connectivity index (χ3v) is 6.21. The van der Waals surface area contributed by atoms with Crippen LogP contribution in [0.15, 0.2) is 59.3 Å². The minimum atomic E-state index is -1.26. The SMILES string of the molecule is OC[C@H]1O[C@@H](n2c3ccc(Cl)cc3c3c(-c4cc5ccccc5o4)ncnc32)C(O)[C@H]1O. The van der Waals surface area contributed by atoms with Gasteiger partial charge in [-0.2, -0.15) is 0 Å². The van der Waals surface area contributed by atoms with E-state index in [1.165, 1.54) is 6.33 Å². The number of para-hydroxylation sites is 1. The van der Waals surface area contributed by atoms with Crippen molar-refractivity contribution < 1.29 is 24.5 Å². The highest BCUT2D eigenvalue weighted by Gasteiger charge is 2.44. The Morgan fingerprint density at radius 2 is 1.88 bits per heavy atom. The fraction of sp³-hybridized carbons (Fsp3) is 0.217. The minimum Gasteiger partial charge on any atom is -0.454 e. The third-order valence-electron chi connectivity index (χ3n) is 5.97. The number of ether oxygens (including phenoxy) is 1. The van der Waals surface area contributed by atoms with Crippen LogP contribution in [0, 0.1) is 0 Å². The van der Waals surface area contributed by atoms with Gasteiger partial charge in [-0.15, -0.1) is 0 Å². The van der Waals surface area contributed by atoms with E-state index in [9.17, 15) is 15.3 Å². The number of benzene rings is 2. The third kappa shape index (κ3) is 2.78. The van der Waals surface area contributed by atoms with Gasteiger partial charge in [-0.25, -0.2) is 9.97 Å². The molecule has 0 spiro atoms. The predicted octanol–water partition coefficient (Wildman–Crippen LogP) is 3.26. The number of fused-ring (bicyclic) bond motifs is 4. The zero-order chi connectivity index (χ0) is 22.0. The Hall–Kier alpha value is -3.01. The van der Waals surface area contributed by atoms with Crippen LogP contribution < -0.4 is 0 Å². The number of rotatable bonds is 3. The Morgan fingerprint density at radius 3 is 2.66 bits per heavy atom. The second kappa shape index (κ2) is 7.26. The van der Waals surface area contributed by atoms with Gasteiger partial charge in [-0.05, 0) is 30.3 Å². The van der Waals surface area contributed by atoms with E-state index in [-0.39, 0.29) is 0 Å². The van der Waals surface area contributed by atoms with E-state index in [1.54, 1.807) is 22.8 Å². The van der Waals surface area contributed by atoms with Gasteiger partial charge < -0.3 is 24.5 Å². The molecule has 1 unspecified atom stereocenters. The van der Waals surface area contributed by atoms with Crippen LogP contribution in [-0.2, 0) is 4.74 Å². The van der Waals surface area contributed by atoms with Crippen molar-refractivity contribution in [3.05, 3.63) is 59.9 Å². The lowest BCUT2D eigenvalue weighted by atomic mass is 10.1. The van der Waals surface area contributed by atoms with Crippen LogP contribution in [0.2, 0.25) is 5.02 Å². The molecule has 0 amide bonds. The highest BCUT2D eigenvalue weighted by atomic mass is 35.5. The molecule has 4 heterocycles. The van der Waals surface area contributed by atoms with E-state index in [0.717, 1.165) is 16.4 Å². The molecule has 0 radical (unpaired) electrons. The second-order valence-electron chi connectivity index (χ2n) is 7.83. The zero-order valence-corrected chi connectivity index (χ0v) is 17.3. The first-order valence-electron chi connectivity index (χ1n) is 10.1. The van der Waals surface area contributed by atoms with Crippen LogP contribution in [0.5, 0.6) is 0 Å². The number of nitrogens with zero attached hydrogens (tertiary/aromatic N) is 3. The molecule has 3 aromatic heterocycles. The Balaban J connectivity index is 1.66. The van der Waals surface area contributed by atoms with Gasteiger partial charge in [0.1, 0.15) is 41.6 Å². The molecule has 1 fully saturated rings. The molecular weight excluding hydrogens is 434 g/mol. The van der Waals surface area contributed by atoms with Gasteiger partial charge in [0.15, 0.2) is 12.0 Å². The summed E-state index contributed by atoms with van der Waals surface area (Å²) in [7, 11) is 0. The quantitative estimate of drug-likeness (QED) is 0.385. The number of aliphatic hydroxyl groups is 3. The van der Waals surface area contributed by atoms with Crippen LogP contribution >= 0.6 is 11.6 Å². The summed E-state index contributed by atoms with van der Waals surface area (Å²) in [4.78, 5) is 8.98. The molecule has 162 valence electrons. The molecule has 1 aliphatic heterocycles. The Labute approximate surface area is 186 Å². The van der Waals surface area contributed by atoms with E-state index in [1.807, 2.05) is 30.3 Å². The maximum atomic E-state index is 10.7. The van der Waals surface area contributed by atoms with Gasteiger partial charge in [-0.3, -0.25) is 4.57 Å². The lowest BCUT2D eigenvalue weighted by Crippen LogP contribution is -2.33. The minimum absolute atomic E-state index is 0.420. The van der Waals surface area contributed by atoms with E-state index in [0.29, 0.717) is 33.0 Å². The number of halogens is 1. The number of hydrogen-bond donors (Lipinski definition) is 3. The Bertz CT molecular complexity index is 1450. The largest absolute Gasteiger partial charge is 0.454 e. The fourth-order valence-electron chi connectivity index (χ4n) is 4.48. The van der Waals surface area contributed by atoms with Gasteiger partial charge in [0, 0.05) is 15.8 Å². The fourth-order valence-corrected chi connectivity index (χ4v) is 4.65. The molecule has 9 heteroatoms. The maximum Gasteiger partial charge on any atom is 0.165 e. The van der Waals surface area contributed by atoms with Crippen molar-refractivity contribution in [2.75, 3.05) is 6.61 Å². The van der Waals surface area contributed by atoms with Crippen molar-refractivity contribution in [3.63, 3.8) is 0 Å². The van der Waals surface area contributed by atoms with E-state index < -0.39 is 31.1 Å². The van der Waals surface area contributed by atoms with Crippen molar-refractivity contribution in [1.82, 2.24) is 14.5 Å². The number of furan rings is 1. The molecular formula is C23H18ClN3O5. The first-order chi connectivity index (χ1) is 15.6. The van der Waals surface area contributed by atoms with Crippen molar-refractivity contribution in [2.24, 2.45) is 0 Å². The lowest BCUT2D eigenvalue weighted by Gasteiger charge is -2.18. The summed E-state index contributed by atoms with van der Waals surface area (Å²) >= 11 is 6.32. The molecule has 4 atom stereocenters. The van der Waals surface area contributed by atoms with Gasteiger partial charge in [0.05, 0.1) is 17.5 Å². The van der Waals surface area contributed by atoms with Gasteiger partial charge in [0.2, 0.25) is 0 Å². The van der Waals surface area contributed by atoms with Crippen LogP contribution in [0.3, 0.4) is 0 Å². The molecule has 32 heavy (non-hydrogen) atoms. The average Bonchev–Trinajstić information content (AvgIpc) is 3.46. The van der Waals surface area contributed by atoms with Crippen molar-refractivity contribution in [1.29, 1.82) is 0 Å². The molecule has 2 aromatic carbocycles. The van der Waals surface area contributed by atoms with Crippen LogP contribution in [0.4, 0.5) is 0 Å². The first-order valence-corrected chi connectivity index (χ1v) is 10.5. The Kier molecular flexibility index (Phi) is 4.46. The summed E-state index contributed by atoms with van der Waals surface area (Å²) in [6.07, 6.45) is -2.94. The van der Waals surface area contributed by atoms with Crippen LogP contribution in [-0.4, -0.2) is 54.8 Å². The highest BCUT2D eigenvalue weighted by molar-refractivity contribution is 6.32. The monoisotopic (exact) mass is 451 g/mol. The molecule has 0 bridgehead atoms. The summed E-state index contributed by atoms with van der Waals surface area (Å²) in [6, 6.07) is 14.9. The van der Waals surface area contributed by atoms with Crippen molar-refractivity contribution in [3.8, 4) is 11.5 Å². The molecule has 0 aliphatic carbocycles. The first kappa shape index (κ1) is 19.7. The summed E-state index contributed by atoms with van der Waals surface area (Å²) in [6.45, 7) is -0.420. The topological polar surface area (TPSA) is 114 Å². The van der Waals surface area contributed by atoms with Gasteiger partial charge in [0.25, 0.3) is 0 Å². The number of aliphatic hydroxyl groups excluding tert-OH is 3. The van der Waals surface area contributed by atoms with Crippen molar-refractivity contribution >= 4 is 44.5 Å². The highest BCUT2D eigenvalue weighted by Crippen LogP contribution is 2.41. The maximum absolute atomic E-state index is 10.7. The van der Waals surface area contributed by atoms with E-state index in [2.05, 4.69) is 9.97 Å². The summed E-state index contributed by atoms with van der Waals surface area (Å²) in [5, 5.41) is 33.4. The van der Waals surface area contributed by atoms with E-state index in [4.69, 9.17) is 20.8 Å². The number of aromatic nitrogens is 3. The summed E-state index contributed by atoms with van der Waals surface area (Å²) in [5.74, 6) is 0.568.